The van der Waals surface area contributed by atoms with Crippen LogP contribution < -0.4 is 16.2 Å². The summed E-state index contributed by atoms with van der Waals surface area (Å²) in [6, 6.07) is 8.03. The summed E-state index contributed by atoms with van der Waals surface area (Å²) in [5.41, 5.74) is 5.40. The number of anilines is 1. The maximum atomic E-state index is 11.4. The third-order valence-electron chi connectivity index (χ3n) is 4.75. The number of hydrogen-bond donors (Lipinski definition) is 2. The maximum Gasteiger partial charge on any atom is 0.238 e. The van der Waals surface area contributed by atoms with E-state index in [1.54, 1.807) is 18.3 Å². The van der Waals surface area contributed by atoms with Crippen LogP contribution in [0.5, 0.6) is 0 Å². The van der Waals surface area contributed by atoms with Crippen molar-refractivity contribution in [3.63, 3.8) is 0 Å². The Labute approximate surface area is 187 Å². The Balaban J connectivity index is 0.00000210. The van der Waals surface area contributed by atoms with E-state index in [1.165, 1.54) is 5.56 Å². The van der Waals surface area contributed by atoms with Gasteiger partial charge in [-0.3, -0.25) is 15.0 Å². The lowest BCUT2D eigenvalue weighted by molar-refractivity contribution is -0.129. The average molecular weight is 460 g/mol. The lowest BCUT2D eigenvalue weighted by Gasteiger charge is -2.33. The third kappa shape index (κ3) is 7.15. The zero-order valence-electron chi connectivity index (χ0n) is 16.3. The molecule has 2 amide bonds. The Hall–Kier alpha value is -1.87. The lowest BCUT2D eigenvalue weighted by Crippen LogP contribution is -2.48. The first kappa shape index (κ1) is 25.2. The SMILES string of the molecule is CC(=O)N1CCN(c2nc(CCc3ccc(CC(=O)NN)cc3)cs2)CC1.Cl.Cl. The van der Waals surface area contributed by atoms with Crippen LogP contribution in [0, 0.1) is 0 Å². The summed E-state index contributed by atoms with van der Waals surface area (Å²) < 4.78 is 0. The van der Waals surface area contributed by atoms with Gasteiger partial charge in [-0.2, -0.15) is 0 Å². The Morgan fingerprint density at radius 3 is 2.28 bits per heavy atom. The molecule has 1 aliphatic heterocycles. The van der Waals surface area contributed by atoms with Crippen LogP contribution in [0.4, 0.5) is 5.13 Å². The highest BCUT2D eigenvalue weighted by Crippen LogP contribution is 2.23. The Morgan fingerprint density at radius 1 is 1.07 bits per heavy atom. The molecule has 0 aliphatic carbocycles. The molecule has 1 aromatic carbocycles. The third-order valence-corrected chi connectivity index (χ3v) is 5.70. The molecule has 160 valence electrons. The summed E-state index contributed by atoms with van der Waals surface area (Å²) in [5, 5.41) is 3.16. The molecule has 7 nitrogen and oxygen atoms in total. The number of aryl methyl sites for hydroxylation is 2. The van der Waals surface area contributed by atoms with Gasteiger partial charge in [-0.05, 0) is 24.0 Å². The van der Waals surface area contributed by atoms with Gasteiger partial charge in [0.2, 0.25) is 11.8 Å². The number of thiazole rings is 1. The molecule has 0 saturated carbocycles. The fraction of sp³-hybridized carbons (Fsp3) is 0.421. The molecular formula is C19H27Cl2N5O2S. The van der Waals surface area contributed by atoms with Gasteiger partial charge in [0, 0.05) is 38.5 Å². The van der Waals surface area contributed by atoms with Gasteiger partial charge in [-0.1, -0.05) is 24.3 Å². The topological polar surface area (TPSA) is 91.6 Å². The number of halogens is 2. The van der Waals surface area contributed by atoms with Crippen molar-refractivity contribution in [3.05, 3.63) is 46.5 Å². The lowest BCUT2D eigenvalue weighted by atomic mass is 10.0. The van der Waals surface area contributed by atoms with Gasteiger partial charge < -0.3 is 9.80 Å². The number of carbonyl (C=O) groups excluding carboxylic acids is 2. The smallest absolute Gasteiger partial charge is 0.238 e. The zero-order valence-corrected chi connectivity index (χ0v) is 18.7. The summed E-state index contributed by atoms with van der Waals surface area (Å²) in [6.07, 6.45) is 2.08. The second-order valence-electron chi connectivity index (χ2n) is 6.68. The van der Waals surface area contributed by atoms with Crippen LogP contribution in [0.1, 0.15) is 23.7 Å². The predicted molar refractivity (Wildman–Crippen MR) is 121 cm³/mol. The fourth-order valence-electron chi connectivity index (χ4n) is 3.10. The first-order valence-corrected chi connectivity index (χ1v) is 9.95. The minimum Gasteiger partial charge on any atom is -0.345 e. The van der Waals surface area contributed by atoms with E-state index in [4.69, 9.17) is 10.8 Å². The minimum absolute atomic E-state index is 0. The van der Waals surface area contributed by atoms with Crippen LogP contribution >= 0.6 is 36.2 Å². The van der Waals surface area contributed by atoms with Gasteiger partial charge >= 0.3 is 0 Å². The van der Waals surface area contributed by atoms with Gasteiger partial charge in [0.1, 0.15) is 0 Å². The highest BCUT2D eigenvalue weighted by atomic mass is 35.5. The number of carbonyl (C=O) groups is 2. The highest BCUT2D eigenvalue weighted by molar-refractivity contribution is 7.13. The van der Waals surface area contributed by atoms with E-state index in [2.05, 4.69) is 15.7 Å². The molecule has 2 heterocycles. The van der Waals surface area contributed by atoms with Crippen molar-refractivity contribution in [1.82, 2.24) is 15.3 Å². The summed E-state index contributed by atoms with van der Waals surface area (Å²) in [6.45, 7) is 4.82. The van der Waals surface area contributed by atoms with E-state index in [1.807, 2.05) is 29.2 Å². The van der Waals surface area contributed by atoms with E-state index in [-0.39, 0.29) is 36.6 Å². The molecule has 1 saturated heterocycles. The van der Waals surface area contributed by atoms with Crippen molar-refractivity contribution in [2.24, 2.45) is 5.84 Å². The van der Waals surface area contributed by atoms with Crippen molar-refractivity contribution in [2.45, 2.75) is 26.2 Å². The van der Waals surface area contributed by atoms with Crippen LogP contribution in [0.25, 0.3) is 0 Å². The molecule has 0 spiro atoms. The van der Waals surface area contributed by atoms with Crippen molar-refractivity contribution in [2.75, 3.05) is 31.1 Å². The quantitative estimate of drug-likeness (QED) is 0.391. The summed E-state index contributed by atoms with van der Waals surface area (Å²) in [7, 11) is 0. The van der Waals surface area contributed by atoms with E-state index < -0.39 is 0 Å². The number of hydrogen-bond acceptors (Lipinski definition) is 6. The average Bonchev–Trinajstić information content (AvgIpc) is 3.16. The molecule has 1 fully saturated rings. The number of piperazine rings is 1. The Kier molecular flexibility index (Phi) is 10.4. The monoisotopic (exact) mass is 459 g/mol. The summed E-state index contributed by atoms with van der Waals surface area (Å²) >= 11 is 1.67. The number of benzene rings is 1. The molecule has 0 unspecified atom stereocenters. The largest absolute Gasteiger partial charge is 0.345 e. The zero-order chi connectivity index (χ0) is 19.2. The van der Waals surface area contributed by atoms with Crippen LogP contribution in [0.2, 0.25) is 0 Å². The van der Waals surface area contributed by atoms with E-state index in [0.29, 0.717) is 6.42 Å². The van der Waals surface area contributed by atoms with Crippen LogP contribution in [-0.2, 0) is 28.9 Å². The summed E-state index contributed by atoms with van der Waals surface area (Å²) in [4.78, 5) is 31.6. The van der Waals surface area contributed by atoms with Crippen molar-refractivity contribution in [1.29, 1.82) is 0 Å². The summed E-state index contributed by atoms with van der Waals surface area (Å²) in [5.74, 6) is 5.06. The second-order valence-corrected chi connectivity index (χ2v) is 7.51. The number of nitrogens with two attached hydrogens (primary N) is 1. The first-order valence-electron chi connectivity index (χ1n) is 9.07. The van der Waals surface area contributed by atoms with Crippen LogP contribution in [0.3, 0.4) is 0 Å². The molecule has 3 N–H and O–H groups in total. The molecular weight excluding hydrogens is 433 g/mol. The highest BCUT2D eigenvalue weighted by Gasteiger charge is 2.20. The number of nitrogens with zero attached hydrogens (tertiary/aromatic N) is 3. The second kappa shape index (κ2) is 12.0. The van der Waals surface area contributed by atoms with E-state index >= 15 is 0 Å². The van der Waals surface area contributed by atoms with Crippen molar-refractivity contribution >= 4 is 53.1 Å². The molecule has 1 aromatic heterocycles. The molecule has 0 atom stereocenters. The number of nitrogens with one attached hydrogen (secondary N) is 1. The normalized spacial score (nSPS) is 13.3. The molecule has 1 aliphatic rings. The van der Waals surface area contributed by atoms with Gasteiger partial charge in [0.25, 0.3) is 0 Å². The fourth-order valence-corrected chi connectivity index (χ4v) is 4.02. The number of rotatable bonds is 6. The molecule has 2 aromatic rings. The van der Waals surface area contributed by atoms with Gasteiger partial charge in [-0.15, -0.1) is 36.2 Å². The van der Waals surface area contributed by atoms with Crippen LogP contribution in [0.15, 0.2) is 29.6 Å². The number of aromatic nitrogens is 1. The first-order chi connectivity index (χ1) is 13.0. The number of hydrazine groups is 1. The number of amides is 2. The minimum atomic E-state index is -0.193. The maximum absolute atomic E-state index is 11.4. The van der Waals surface area contributed by atoms with Gasteiger partial charge in [0.05, 0.1) is 12.1 Å². The van der Waals surface area contributed by atoms with E-state index in [9.17, 15) is 9.59 Å². The predicted octanol–water partition coefficient (Wildman–Crippen LogP) is 1.97. The van der Waals surface area contributed by atoms with Gasteiger partial charge in [0.15, 0.2) is 5.13 Å². The molecule has 0 radical (unpaired) electrons. The Bertz CT molecular complexity index is 792. The van der Waals surface area contributed by atoms with Crippen molar-refractivity contribution in [3.8, 4) is 0 Å². The Morgan fingerprint density at radius 2 is 1.69 bits per heavy atom. The van der Waals surface area contributed by atoms with Gasteiger partial charge in [-0.25, -0.2) is 10.8 Å². The van der Waals surface area contributed by atoms with E-state index in [0.717, 1.165) is 55.4 Å². The molecule has 0 bridgehead atoms. The molecule has 3 rings (SSSR count). The molecule has 10 heteroatoms. The standard InChI is InChI=1S/C19H25N5O2S.2ClH/c1-14(25)23-8-10-24(11-9-23)19-21-17(13-27-19)7-6-15-2-4-16(5-3-15)12-18(26)22-20;;/h2-5,13H,6-12,20H2,1H3,(H,22,26);2*1H. The van der Waals surface area contributed by atoms with Crippen molar-refractivity contribution < 1.29 is 9.59 Å². The molecule has 29 heavy (non-hydrogen) atoms. The van der Waals surface area contributed by atoms with Crippen LogP contribution in [-0.4, -0.2) is 47.9 Å².